The Morgan fingerprint density at radius 3 is 2.61 bits per heavy atom. The summed E-state index contributed by atoms with van der Waals surface area (Å²) in [6, 6.07) is 8.14. The highest BCUT2D eigenvalue weighted by Gasteiger charge is 2.10. The summed E-state index contributed by atoms with van der Waals surface area (Å²) in [4.78, 5) is 22.2. The van der Waals surface area contributed by atoms with Crippen LogP contribution in [0.1, 0.15) is 21.5 Å². The van der Waals surface area contributed by atoms with Crippen LogP contribution < -0.4 is 5.43 Å². The smallest absolute Gasteiger partial charge is 0.272 e. The van der Waals surface area contributed by atoms with Crippen molar-refractivity contribution in [3.63, 3.8) is 0 Å². The van der Waals surface area contributed by atoms with Gasteiger partial charge in [-0.2, -0.15) is 5.10 Å². The molecule has 0 bridgehead atoms. The average molecular weight is 315 g/mol. The Hall–Kier alpha value is -3.42. The number of amides is 1. The molecule has 0 aliphatic rings. The van der Waals surface area contributed by atoms with Crippen LogP contribution in [-0.4, -0.2) is 27.3 Å². The molecule has 2 rings (SSSR count). The van der Waals surface area contributed by atoms with E-state index >= 15 is 0 Å². The highest BCUT2D eigenvalue weighted by Crippen LogP contribution is 2.24. The molecule has 2 aromatic rings. The molecule has 1 amide bonds. The lowest BCUT2D eigenvalue weighted by molar-refractivity contribution is -0.385. The van der Waals surface area contributed by atoms with Gasteiger partial charge in [0.25, 0.3) is 11.6 Å². The molecule has 0 aliphatic carbocycles. The number of phenolic OH excluding ortho intramolecular Hbond substituents is 2. The number of hydrogen-bond acceptors (Lipinski definition) is 6. The van der Waals surface area contributed by atoms with E-state index < -0.39 is 16.6 Å². The average Bonchev–Trinajstić information content (AvgIpc) is 2.51. The van der Waals surface area contributed by atoms with E-state index in [-0.39, 0.29) is 17.0 Å². The van der Waals surface area contributed by atoms with Gasteiger partial charge in [-0.3, -0.25) is 14.9 Å². The number of aromatic hydroxyl groups is 2. The number of nitrogens with zero attached hydrogens (tertiary/aromatic N) is 2. The fraction of sp³-hybridized carbons (Fsp3) is 0.0667. The third kappa shape index (κ3) is 3.82. The predicted molar refractivity (Wildman–Crippen MR) is 82.7 cm³/mol. The van der Waals surface area contributed by atoms with E-state index in [4.69, 9.17) is 0 Å². The number of carbonyl (C=O) groups excluding carboxylic acids is 1. The molecule has 0 fully saturated rings. The monoisotopic (exact) mass is 315 g/mol. The van der Waals surface area contributed by atoms with E-state index in [1.54, 1.807) is 19.1 Å². The van der Waals surface area contributed by atoms with Crippen molar-refractivity contribution in [2.24, 2.45) is 5.10 Å². The zero-order valence-electron chi connectivity index (χ0n) is 12.1. The maximum Gasteiger partial charge on any atom is 0.272 e. The molecule has 0 aliphatic heterocycles. The number of aryl methyl sites for hydroxylation is 1. The van der Waals surface area contributed by atoms with Gasteiger partial charge in [-0.1, -0.05) is 12.1 Å². The van der Waals surface area contributed by atoms with E-state index in [2.05, 4.69) is 10.5 Å². The predicted octanol–water partition coefficient (Wildman–Crippen LogP) is 2.08. The second-order valence-electron chi connectivity index (χ2n) is 4.71. The zero-order chi connectivity index (χ0) is 17.0. The lowest BCUT2D eigenvalue weighted by Crippen LogP contribution is -2.17. The minimum Gasteiger partial charge on any atom is -0.504 e. The number of hydrogen-bond donors (Lipinski definition) is 3. The fourth-order valence-electron chi connectivity index (χ4n) is 1.80. The van der Waals surface area contributed by atoms with E-state index in [9.17, 15) is 25.1 Å². The SMILES string of the molecule is Cc1ccc(/C=N/NC(=O)c2ccc(O)c(O)c2)cc1[N+](=O)[O-]. The first kappa shape index (κ1) is 16.0. The molecule has 8 heteroatoms. The van der Waals surface area contributed by atoms with Gasteiger partial charge in [0.2, 0.25) is 0 Å². The Bertz CT molecular complexity index is 802. The Balaban J connectivity index is 2.09. The highest BCUT2D eigenvalue weighted by atomic mass is 16.6. The first-order valence-electron chi connectivity index (χ1n) is 6.49. The maximum atomic E-state index is 11.8. The molecular weight excluding hydrogens is 302 g/mol. The maximum absolute atomic E-state index is 11.8. The molecule has 0 unspecified atom stereocenters. The molecule has 0 radical (unpaired) electrons. The molecule has 8 nitrogen and oxygen atoms in total. The lowest BCUT2D eigenvalue weighted by Gasteiger charge is -2.02. The number of hydrazone groups is 1. The van der Waals surface area contributed by atoms with Crippen molar-refractivity contribution in [2.45, 2.75) is 6.92 Å². The van der Waals surface area contributed by atoms with Crippen LogP contribution in [0.2, 0.25) is 0 Å². The van der Waals surface area contributed by atoms with Crippen LogP contribution in [0.25, 0.3) is 0 Å². The second-order valence-corrected chi connectivity index (χ2v) is 4.71. The van der Waals surface area contributed by atoms with Gasteiger partial charge in [0.05, 0.1) is 11.1 Å². The second kappa shape index (κ2) is 6.56. The van der Waals surface area contributed by atoms with Gasteiger partial charge < -0.3 is 10.2 Å². The number of nitro benzene ring substituents is 1. The Morgan fingerprint density at radius 1 is 1.22 bits per heavy atom. The molecule has 23 heavy (non-hydrogen) atoms. The zero-order valence-corrected chi connectivity index (χ0v) is 12.1. The van der Waals surface area contributed by atoms with Gasteiger partial charge in [-0.05, 0) is 25.1 Å². The number of carbonyl (C=O) groups is 1. The quantitative estimate of drug-likeness (QED) is 0.345. The van der Waals surface area contributed by atoms with E-state index in [1.807, 2.05) is 0 Å². The topological polar surface area (TPSA) is 125 Å². The minimum absolute atomic E-state index is 0.0382. The summed E-state index contributed by atoms with van der Waals surface area (Å²) in [6.07, 6.45) is 1.27. The molecule has 0 saturated heterocycles. The molecule has 0 saturated carbocycles. The third-order valence-corrected chi connectivity index (χ3v) is 3.05. The molecule has 0 spiro atoms. The van der Waals surface area contributed by atoms with Crippen molar-refractivity contribution < 1.29 is 19.9 Å². The van der Waals surface area contributed by atoms with Gasteiger partial charge in [0.1, 0.15) is 0 Å². The number of benzene rings is 2. The molecule has 0 aromatic heterocycles. The Kier molecular flexibility index (Phi) is 4.55. The van der Waals surface area contributed by atoms with Crippen LogP contribution in [-0.2, 0) is 0 Å². The van der Waals surface area contributed by atoms with Crippen molar-refractivity contribution in [3.8, 4) is 11.5 Å². The van der Waals surface area contributed by atoms with E-state index in [0.29, 0.717) is 11.1 Å². The molecule has 0 atom stereocenters. The van der Waals surface area contributed by atoms with Crippen LogP contribution in [0.15, 0.2) is 41.5 Å². The normalized spacial score (nSPS) is 10.7. The van der Waals surface area contributed by atoms with Crippen molar-refractivity contribution in [1.29, 1.82) is 0 Å². The lowest BCUT2D eigenvalue weighted by atomic mass is 10.1. The number of phenols is 2. The van der Waals surface area contributed by atoms with Crippen LogP contribution in [0.4, 0.5) is 5.69 Å². The van der Waals surface area contributed by atoms with Gasteiger partial charge in [-0.15, -0.1) is 0 Å². The number of nitrogens with one attached hydrogen (secondary N) is 1. The molecule has 0 heterocycles. The third-order valence-electron chi connectivity index (χ3n) is 3.05. The van der Waals surface area contributed by atoms with Crippen LogP contribution in [0, 0.1) is 17.0 Å². The van der Waals surface area contributed by atoms with Crippen LogP contribution >= 0.6 is 0 Å². The van der Waals surface area contributed by atoms with Crippen molar-refractivity contribution in [1.82, 2.24) is 5.43 Å². The minimum atomic E-state index is -0.599. The number of nitro groups is 1. The van der Waals surface area contributed by atoms with Gasteiger partial charge in [-0.25, -0.2) is 5.43 Å². The van der Waals surface area contributed by atoms with Crippen molar-refractivity contribution >= 4 is 17.8 Å². The summed E-state index contributed by atoms with van der Waals surface area (Å²) in [5, 5.41) is 33.1. The fourth-order valence-corrected chi connectivity index (χ4v) is 1.80. The first-order chi connectivity index (χ1) is 10.9. The Morgan fingerprint density at radius 2 is 1.96 bits per heavy atom. The van der Waals surface area contributed by atoms with Crippen molar-refractivity contribution in [3.05, 3.63) is 63.2 Å². The molecule has 3 N–H and O–H groups in total. The molecule has 118 valence electrons. The standard InChI is InChI=1S/C15H13N3O5/c1-9-2-3-10(6-12(9)18(22)23)8-16-17-15(21)11-4-5-13(19)14(20)7-11/h2-8,19-20H,1H3,(H,17,21)/b16-8+. The highest BCUT2D eigenvalue weighted by molar-refractivity contribution is 5.95. The summed E-state index contributed by atoms with van der Waals surface area (Å²) in [5.74, 6) is -1.36. The Labute approximate surface area is 130 Å². The van der Waals surface area contributed by atoms with Crippen LogP contribution in [0.5, 0.6) is 11.5 Å². The summed E-state index contributed by atoms with van der Waals surface area (Å²) in [5.41, 5.74) is 3.27. The summed E-state index contributed by atoms with van der Waals surface area (Å²) < 4.78 is 0. The molecule has 2 aromatic carbocycles. The largest absolute Gasteiger partial charge is 0.504 e. The van der Waals surface area contributed by atoms with Gasteiger partial charge in [0, 0.05) is 22.8 Å². The van der Waals surface area contributed by atoms with E-state index in [0.717, 1.165) is 6.07 Å². The summed E-state index contributed by atoms with van der Waals surface area (Å²) in [7, 11) is 0. The van der Waals surface area contributed by atoms with Crippen molar-refractivity contribution in [2.75, 3.05) is 0 Å². The summed E-state index contributed by atoms with van der Waals surface area (Å²) >= 11 is 0. The first-order valence-corrected chi connectivity index (χ1v) is 6.49. The van der Waals surface area contributed by atoms with Gasteiger partial charge >= 0.3 is 0 Å². The van der Waals surface area contributed by atoms with E-state index in [1.165, 1.54) is 24.4 Å². The van der Waals surface area contributed by atoms with Crippen LogP contribution in [0.3, 0.4) is 0 Å². The number of rotatable bonds is 4. The van der Waals surface area contributed by atoms with Gasteiger partial charge in [0.15, 0.2) is 11.5 Å². The molecular formula is C15H13N3O5. The summed E-state index contributed by atoms with van der Waals surface area (Å²) in [6.45, 7) is 1.62.